The molecule has 4 aliphatic rings. The van der Waals surface area contributed by atoms with Gasteiger partial charge in [0.15, 0.2) is 5.72 Å². The van der Waals surface area contributed by atoms with Crippen molar-refractivity contribution in [2.24, 2.45) is 17.8 Å². The number of amides is 1. The number of hydrogen-bond donors (Lipinski definition) is 0. The molecule has 0 spiro atoms. The highest BCUT2D eigenvalue weighted by Crippen LogP contribution is 2.58. The number of nitrogens with zero attached hydrogens (tertiary/aromatic N) is 1. The van der Waals surface area contributed by atoms with E-state index in [4.69, 9.17) is 4.74 Å². The third-order valence-electron chi connectivity index (χ3n) is 7.36. The maximum atomic E-state index is 13.5. The molecule has 1 aromatic carbocycles. The van der Waals surface area contributed by atoms with E-state index in [2.05, 4.69) is 36.1 Å². The Morgan fingerprint density at radius 2 is 1.72 bits per heavy atom. The Morgan fingerprint density at radius 3 is 2.56 bits per heavy atom. The summed E-state index contributed by atoms with van der Waals surface area (Å²) in [5.41, 5.74) is 1.99. The first-order valence-electron chi connectivity index (χ1n) is 10.3. The molecule has 2 heterocycles. The molecule has 3 heteroatoms. The molecular formula is C22H29NO2. The van der Waals surface area contributed by atoms with Gasteiger partial charge in [-0.2, -0.15) is 0 Å². The highest BCUT2D eigenvalue weighted by atomic mass is 16.5. The Kier molecular flexibility index (Phi) is 3.70. The van der Waals surface area contributed by atoms with E-state index in [1.165, 1.54) is 43.2 Å². The zero-order valence-corrected chi connectivity index (χ0v) is 15.2. The predicted molar refractivity (Wildman–Crippen MR) is 96.8 cm³/mol. The summed E-state index contributed by atoms with van der Waals surface area (Å²) in [6.07, 6.45) is 9.51. The van der Waals surface area contributed by atoms with Crippen LogP contribution in [0.2, 0.25) is 0 Å². The van der Waals surface area contributed by atoms with Crippen LogP contribution in [0.1, 0.15) is 62.5 Å². The number of fused-ring (bicyclic) bond motifs is 5. The van der Waals surface area contributed by atoms with E-state index >= 15 is 0 Å². The van der Waals surface area contributed by atoms with E-state index in [0.717, 1.165) is 25.9 Å². The molecule has 0 bridgehead atoms. The Morgan fingerprint density at radius 1 is 1.00 bits per heavy atom. The lowest BCUT2D eigenvalue weighted by molar-refractivity contribution is -0.241. The Hall–Kier alpha value is -1.35. The number of carbonyl (C=O) groups excluding carboxylic acids is 1. The molecule has 2 aliphatic carbocycles. The second kappa shape index (κ2) is 5.84. The van der Waals surface area contributed by atoms with Gasteiger partial charge in [-0.1, -0.05) is 55.5 Å². The summed E-state index contributed by atoms with van der Waals surface area (Å²) >= 11 is 0. The molecule has 0 N–H and O–H groups in total. The van der Waals surface area contributed by atoms with Gasteiger partial charge in [-0.05, 0) is 32.6 Å². The summed E-state index contributed by atoms with van der Waals surface area (Å²) in [4.78, 5) is 15.8. The quantitative estimate of drug-likeness (QED) is 0.759. The van der Waals surface area contributed by atoms with Crippen LogP contribution in [-0.4, -0.2) is 23.5 Å². The van der Waals surface area contributed by atoms with Gasteiger partial charge in [-0.3, -0.25) is 4.79 Å². The third-order valence-corrected chi connectivity index (χ3v) is 7.36. The zero-order chi connectivity index (χ0) is 17.0. The summed E-state index contributed by atoms with van der Waals surface area (Å²) in [5.74, 6) is 1.44. The molecule has 1 amide bonds. The van der Waals surface area contributed by atoms with Crippen LogP contribution in [0.15, 0.2) is 24.3 Å². The second-order valence-electron chi connectivity index (χ2n) is 8.69. The molecule has 5 atom stereocenters. The number of ether oxygens (including phenoxy) is 1. The molecular weight excluding hydrogens is 310 g/mol. The lowest BCUT2D eigenvalue weighted by Gasteiger charge is -2.54. The normalized spacial score (nSPS) is 40.4. The summed E-state index contributed by atoms with van der Waals surface area (Å²) in [7, 11) is 0. The molecule has 4 fully saturated rings. The van der Waals surface area contributed by atoms with Crippen LogP contribution in [0.5, 0.6) is 0 Å². The number of hydrogen-bond acceptors (Lipinski definition) is 2. The van der Waals surface area contributed by atoms with Crippen LogP contribution < -0.4 is 0 Å². The first-order valence-corrected chi connectivity index (χ1v) is 10.3. The van der Waals surface area contributed by atoms with E-state index < -0.39 is 5.72 Å². The van der Waals surface area contributed by atoms with E-state index in [9.17, 15) is 4.79 Å². The molecule has 5 rings (SSSR count). The fourth-order valence-corrected chi connectivity index (χ4v) is 6.19. The highest BCUT2D eigenvalue weighted by Gasteiger charge is 2.64. The largest absolute Gasteiger partial charge is 0.350 e. The van der Waals surface area contributed by atoms with E-state index in [-0.39, 0.29) is 5.92 Å². The molecule has 0 aromatic heterocycles. The van der Waals surface area contributed by atoms with E-state index in [1.807, 2.05) is 0 Å². The minimum absolute atomic E-state index is 0.177. The molecule has 2 aliphatic heterocycles. The van der Waals surface area contributed by atoms with Gasteiger partial charge in [0.1, 0.15) is 0 Å². The van der Waals surface area contributed by atoms with Crippen molar-refractivity contribution in [3.05, 3.63) is 35.4 Å². The van der Waals surface area contributed by atoms with Crippen LogP contribution >= 0.6 is 0 Å². The van der Waals surface area contributed by atoms with Gasteiger partial charge in [0, 0.05) is 29.4 Å². The maximum absolute atomic E-state index is 13.5. The van der Waals surface area contributed by atoms with Crippen molar-refractivity contribution in [1.29, 1.82) is 0 Å². The lowest BCUT2D eigenvalue weighted by atomic mass is 9.73. The Labute approximate surface area is 150 Å². The monoisotopic (exact) mass is 339 g/mol. The molecule has 25 heavy (non-hydrogen) atoms. The minimum atomic E-state index is -0.492. The average molecular weight is 339 g/mol. The third kappa shape index (κ3) is 2.17. The summed E-state index contributed by atoms with van der Waals surface area (Å²) in [6, 6.07) is 9.19. The molecule has 3 nitrogen and oxygen atoms in total. The zero-order valence-electron chi connectivity index (χ0n) is 15.2. The number of carbonyl (C=O) groups is 1. The van der Waals surface area contributed by atoms with Crippen molar-refractivity contribution in [1.82, 2.24) is 4.90 Å². The van der Waals surface area contributed by atoms with Crippen LogP contribution in [0.3, 0.4) is 0 Å². The number of rotatable bonds is 1. The van der Waals surface area contributed by atoms with Gasteiger partial charge in [0.2, 0.25) is 5.91 Å². The average Bonchev–Trinajstić information content (AvgIpc) is 2.93. The van der Waals surface area contributed by atoms with Crippen molar-refractivity contribution in [2.75, 3.05) is 6.61 Å². The Balaban J connectivity index is 1.65. The van der Waals surface area contributed by atoms with Gasteiger partial charge in [-0.15, -0.1) is 0 Å². The van der Waals surface area contributed by atoms with Crippen molar-refractivity contribution >= 4 is 5.91 Å². The topological polar surface area (TPSA) is 29.5 Å². The minimum Gasteiger partial charge on any atom is -0.350 e. The van der Waals surface area contributed by atoms with Crippen molar-refractivity contribution in [3.8, 4) is 0 Å². The number of aryl methyl sites for hydroxylation is 1. The van der Waals surface area contributed by atoms with Crippen molar-refractivity contribution in [3.63, 3.8) is 0 Å². The predicted octanol–water partition coefficient (Wildman–Crippen LogP) is 4.39. The van der Waals surface area contributed by atoms with E-state index in [1.54, 1.807) is 0 Å². The summed E-state index contributed by atoms with van der Waals surface area (Å²) in [6.45, 7) is 2.95. The van der Waals surface area contributed by atoms with Gasteiger partial charge in [-0.25, -0.2) is 0 Å². The molecule has 0 radical (unpaired) electrons. The fraction of sp³-hybridized carbons (Fsp3) is 0.682. The standard InChI is InChI=1S/C22H29NO2/c1-15-10-12-17(13-11-15)22-19-8-4-3-7-18(19)21(24)23(22)20-9-5-2-6-16(20)14-25-22/h10-13,16,18-20H,2-9,14H2,1H3/t16-,18-,19-,20-,22+/m0/s1. The summed E-state index contributed by atoms with van der Waals surface area (Å²) in [5, 5.41) is 0. The van der Waals surface area contributed by atoms with Gasteiger partial charge in [0.05, 0.1) is 6.61 Å². The van der Waals surface area contributed by atoms with Gasteiger partial charge >= 0.3 is 0 Å². The van der Waals surface area contributed by atoms with Gasteiger partial charge in [0.25, 0.3) is 0 Å². The van der Waals surface area contributed by atoms with E-state index in [0.29, 0.717) is 23.8 Å². The van der Waals surface area contributed by atoms with Crippen LogP contribution in [0.4, 0.5) is 0 Å². The first kappa shape index (κ1) is 15.9. The molecule has 0 unspecified atom stereocenters. The maximum Gasteiger partial charge on any atom is 0.228 e. The second-order valence-corrected chi connectivity index (χ2v) is 8.69. The molecule has 2 saturated heterocycles. The smallest absolute Gasteiger partial charge is 0.228 e. The molecule has 2 saturated carbocycles. The number of benzene rings is 1. The van der Waals surface area contributed by atoms with Crippen LogP contribution in [-0.2, 0) is 15.3 Å². The first-order chi connectivity index (χ1) is 12.2. The Bertz CT molecular complexity index is 669. The van der Waals surface area contributed by atoms with Crippen LogP contribution in [0, 0.1) is 24.7 Å². The van der Waals surface area contributed by atoms with Crippen molar-refractivity contribution in [2.45, 2.75) is 70.1 Å². The van der Waals surface area contributed by atoms with Gasteiger partial charge < -0.3 is 9.64 Å². The highest BCUT2D eigenvalue weighted by molar-refractivity contribution is 5.84. The lowest BCUT2D eigenvalue weighted by Crippen LogP contribution is -2.61. The SMILES string of the molecule is Cc1ccc([C@]23OC[C@@H]4CCCC[C@@H]4N2C(=O)[C@H]2CCCC[C@@H]23)cc1. The summed E-state index contributed by atoms with van der Waals surface area (Å²) < 4.78 is 6.73. The fourth-order valence-electron chi connectivity index (χ4n) is 6.19. The molecule has 1 aromatic rings. The van der Waals surface area contributed by atoms with Crippen LogP contribution in [0.25, 0.3) is 0 Å². The molecule has 134 valence electrons. The van der Waals surface area contributed by atoms with Crippen molar-refractivity contribution < 1.29 is 9.53 Å².